The summed E-state index contributed by atoms with van der Waals surface area (Å²) in [7, 11) is 0. The predicted molar refractivity (Wildman–Crippen MR) is 81.7 cm³/mol. The second-order valence-corrected chi connectivity index (χ2v) is 5.71. The van der Waals surface area contributed by atoms with Crippen LogP contribution in [0, 0.1) is 0 Å². The van der Waals surface area contributed by atoms with Crippen molar-refractivity contribution in [2.24, 2.45) is 0 Å². The van der Waals surface area contributed by atoms with E-state index in [0.717, 1.165) is 11.4 Å². The molecule has 104 valence electrons. The number of hydrogen-bond acceptors (Lipinski definition) is 3. The number of hydrogen-bond donors (Lipinski definition) is 0. The minimum Gasteiger partial charge on any atom is -0.297 e. The number of halogens is 1. The van der Waals surface area contributed by atoms with Crippen LogP contribution in [0.4, 0.5) is 0 Å². The van der Waals surface area contributed by atoms with Crippen molar-refractivity contribution in [3.63, 3.8) is 0 Å². The van der Waals surface area contributed by atoms with E-state index in [2.05, 4.69) is 40.0 Å². The molecular weight excluding hydrogens is 270 g/mol. The summed E-state index contributed by atoms with van der Waals surface area (Å²) in [6.45, 7) is 4.67. The molecule has 0 spiro atoms. The van der Waals surface area contributed by atoms with Crippen LogP contribution in [0.25, 0.3) is 11.4 Å². The topological polar surface area (TPSA) is 29.0 Å². The number of rotatable bonds is 3. The van der Waals surface area contributed by atoms with Gasteiger partial charge in [-0.3, -0.25) is 4.90 Å². The van der Waals surface area contributed by atoms with E-state index in [4.69, 9.17) is 11.6 Å². The smallest absolute Gasteiger partial charge is 0.159 e. The van der Waals surface area contributed by atoms with Crippen molar-refractivity contribution >= 4 is 11.6 Å². The fourth-order valence-corrected chi connectivity index (χ4v) is 2.84. The first-order valence-corrected chi connectivity index (χ1v) is 7.44. The molecule has 1 atom stereocenters. The minimum absolute atomic E-state index is 0.449. The van der Waals surface area contributed by atoms with Gasteiger partial charge in [-0.1, -0.05) is 29.8 Å². The summed E-state index contributed by atoms with van der Waals surface area (Å²) in [4.78, 5) is 11.1. The normalized spacial score (nSPS) is 17.3. The lowest BCUT2D eigenvalue weighted by Crippen LogP contribution is -2.23. The number of nitrogens with zero attached hydrogens (tertiary/aromatic N) is 3. The van der Waals surface area contributed by atoms with Gasteiger partial charge in [0.15, 0.2) is 5.82 Å². The molecule has 2 heterocycles. The number of benzene rings is 1. The van der Waals surface area contributed by atoms with Gasteiger partial charge in [0.05, 0.1) is 5.02 Å². The van der Waals surface area contributed by atoms with Gasteiger partial charge in [0.1, 0.15) is 0 Å². The first kappa shape index (κ1) is 13.5. The molecule has 0 amide bonds. The van der Waals surface area contributed by atoms with Gasteiger partial charge in [-0.25, -0.2) is 9.97 Å². The Hall–Kier alpha value is -1.45. The Labute approximate surface area is 124 Å². The first-order valence-electron chi connectivity index (χ1n) is 7.06. The standard InChI is InChI=1S/C16H18ClN3/c1-12(20-7-2-3-8-20)13-5-4-6-14(9-13)16-18-10-15(17)11-19-16/h4-6,9-12H,2-3,7-8H2,1H3/t12-/m1/s1. The molecule has 20 heavy (non-hydrogen) atoms. The maximum atomic E-state index is 5.84. The molecule has 2 aromatic rings. The van der Waals surface area contributed by atoms with Crippen LogP contribution < -0.4 is 0 Å². The van der Waals surface area contributed by atoms with Crippen LogP contribution >= 0.6 is 11.6 Å². The molecule has 0 saturated carbocycles. The molecule has 1 aliphatic rings. The third-order valence-corrected chi connectivity index (χ3v) is 4.13. The highest BCUT2D eigenvalue weighted by atomic mass is 35.5. The molecule has 0 N–H and O–H groups in total. The molecule has 4 heteroatoms. The largest absolute Gasteiger partial charge is 0.297 e. The molecule has 1 saturated heterocycles. The highest BCUT2D eigenvalue weighted by Crippen LogP contribution is 2.27. The molecule has 1 aromatic carbocycles. The summed E-state index contributed by atoms with van der Waals surface area (Å²) in [5.41, 5.74) is 2.37. The maximum absolute atomic E-state index is 5.84. The summed E-state index contributed by atoms with van der Waals surface area (Å²) >= 11 is 5.84. The van der Waals surface area contributed by atoms with Crippen LogP contribution in [0.3, 0.4) is 0 Å². The van der Waals surface area contributed by atoms with Crippen molar-refractivity contribution < 1.29 is 0 Å². The summed E-state index contributed by atoms with van der Waals surface area (Å²) in [6, 6.07) is 8.94. The minimum atomic E-state index is 0.449. The van der Waals surface area contributed by atoms with Crippen molar-refractivity contribution in [1.82, 2.24) is 14.9 Å². The quantitative estimate of drug-likeness (QED) is 0.856. The average molecular weight is 288 g/mol. The van der Waals surface area contributed by atoms with Gasteiger partial charge in [-0.2, -0.15) is 0 Å². The van der Waals surface area contributed by atoms with Gasteiger partial charge >= 0.3 is 0 Å². The van der Waals surface area contributed by atoms with E-state index in [1.807, 2.05) is 6.07 Å². The fraction of sp³-hybridized carbons (Fsp3) is 0.375. The zero-order valence-electron chi connectivity index (χ0n) is 11.6. The lowest BCUT2D eigenvalue weighted by Gasteiger charge is -2.24. The van der Waals surface area contributed by atoms with Gasteiger partial charge in [-0.05, 0) is 44.5 Å². The lowest BCUT2D eigenvalue weighted by molar-refractivity contribution is 0.263. The second-order valence-electron chi connectivity index (χ2n) is 5.27. The van der Waals surface area contributed by atoms with E-state index >= 15 is 0 Å². The van der Waals surface area contributed by atoms with Crippen molar-refractivity contribution in [2.75, 3.05) is 13.1 Å². The Balaban J connectivity index is 1.87. The first-order chi connectivity index (χ1) is 9.74. The number of aromatic nitrogens is 2. The average Bonchev–Trinajstić information content (AvgIpc) is 3.01. The van der Waals surface area contributed by atoms with Crippen LogP contribution in [-0.4, -0.2) is 28.0 Å². The second kappa shape index (κ2) is 5.90. The van der Waals surface area contributed by atoms with Crippen molar-refractivity contribution in [3.8, 4) is 11.4 Å². The molecule has 3 nitrogen and oxygen atoms in total. The lowest BCUT2D eigenvalue weighted by atomic mass is 10.0. The van der Waals surface area contributed by atoms with E-state index in [1.165, 1.54) is 31.5 Å². The molecule has 0 aliphatic carbocycles. The van der Waals surface area contributed by atoms with Crippen molar-refractivity contribution in [2.45, 2.75) is 25.8 Å². The van der Waals surface area contributed by atoms with Crippen LogP contribution in [0.5, 0.6) is 0 Å². The van der Waals surface area contributed by atoms with Crippen molar-refractivity contribution in [1.29, 1.82) is 0 Å². The van der Waals surface area contributed by atoms with E-state index in [1.54, 1.807) is 12.4 Å². The predicted octanol–water partition coefficient (Wildman–Crippen LogP) is 3.95. The fourth-order valence-electron chi connectivity index (χ4n) is 2.74. The maximum Gasteiger partial charge on any atom is 0.159 e. The molecule has 0 radical (unpaired) electrons. The van der Waals surface area contributed by atoms with E-state index < -0.39 is 0 Å². The van der Waals surface area contributed by atoms with Crippen molar-refractivity contribution in [3.05, 3.63) is 47.2 Å². The van der Waals surface area contributed by atoms with Gasteiger partial charge in [0.25, 0.3) is 0 Å². The van der Waals surface area contributed by atoms with Crippen LogP contribution in [0.1, 0.15) is 31.4 Å². The molecular formula is C16H18ClN3. The molecule has 3 rings (SSSR count). The van der Waals surface area contributed by atoms with Gasteiger partial charge in [0.2, 0.25) is 0 Å². The van der Waals surface area contributed by atoms with Crippen LogP contribution in [0.2, 0.25) is 5.02 Å². The Morgan fingerprint density at radius 1 is 1.15 bits per heavy atom. The highest BCUT2D eigenvalue weighted by molar-refractivity contribution is 6.30. The third kappa shape index (κ3) is 2.84. The SMILES string of the molecule is C[C@H](c1cccc(-c2ncc(Cl)cn2)c1)N1CCCC1. The summed E-state index contributed by atoms with van der Waals surface area (Å²) in [5.74, 6) is 0.727. The molecule has 0 bridgehead atoms. The molecule has 1 fully saturated rings. The third-order valence-electron chi connectivity index (χ3n) is 3.94. The zero-order chi connectivity index (χ0) is 13.9. The summed E-state index contributed by atoms with van der Waals surface area (Å²) in [5, 5.41) is 0.565. The molecule has 0 unspecified atom stereocenters. The Morgan fingerprint density at radius 2 is 1.85 bits per heavy atom. The monoisotopic (exact) mass is 287 g/mol. The Kier molecular flexibility index (Phi) is 3.99. The summed E-state index contributed by atoms with van der Waals surface area (Å²) in [6.07, 6.45) is 5.90. The highest BCUT2D eigenvalue weighted by Gasteiger charge is 2.19. The van der Waals surface area contributed by atoms with Gasteiger partial charge < -0.3 is 0 Å². The zero-order valence-corrected chi connectivity index (χ0v) is 12.3. The molecule has 1 aliphatic heterocycles. The van der Waals surface area contributed by atoms with Gasteiger partial charge in [0, 0.05) is 24.0 Å². The van der Waals surface area contributed by atoms with Crippen LogP contribution in [0.15, 0.2) is 36.7 Å². The Morgan fingerprint density at radius 3 is 2.55 bits per heavy atom. The summed E-state index contributed by atoms with van der Waals surface area (Å²) < 4.78 is 0. The van der Waals surface area contributed by atoms with E-state index in [-0.39, 0.29) is 0 Å². The molecule has 1 aromatic heterocycles. The van der Waals surface area contributed by atoms with Gasteiger partial charge in [-0.15, -0.1) is 0 Å². The van der Waals surface area contributed by atoms with E-state index in [0.29, 0.717) is 11.1 Å². The Bertz CT molecular complexity index is 577. The van der Waals surface area contributed by atoms with Crippen LogP contribution in [-0.2, 0) is 0 Å². The van der Waals surface area contributed by atoms with E-state index in [9.17, 15) is 0 Å². The number of likely N-dealkylation sites (tertiary alicyclic amines) is 1.